The zero-order chi connectivity index (χ0) is 12.9. The van der Waals surface area contributed by atoms with Crippen molar-refractivity contribution in [1.82, 2.24) is 19.7 Å². The minimum atomic E-state index is 0.581. The third-order valence-electron chi connectivity index (χ3n) is 3.08. The van der Waals surface area contributed by atoms with E-state index in [1.807, 2.05) is 19.1 Å². The van der Waals surface area contributed by atoms with Crippen molar-refractivity contribution in [2.45, 2.75) is 6.92 Å². The summed E-state index contributed by atoms with van der Waals surface area (Å²) in [4.78, 5) is 7.78. The quantitative estimate of drug-likeness (QED) is 0.707. The van der Waals surface area contributed by atoms with Gasteiger partial charge < -0.3 is 10.7 Å². The molecule has 18 heavy (non-hydrogen) atoms. The Bertz CT molecular complexity index is 740. The molecule has 0 unspecified atom stereocenters. The summed E-state index contributed by atoms with van der Waals surface area (Å²) < 4.78 is 1.61. The van der Waals surface area contributed by atoms with E-state index in [2.05, 4.69) is 15.1 Å². The summed E-state index contributed by atoms with van der Waals surface area (Å²) in [5, 5.41) is 4.82. The summed E-state index contributed by atoms with van der Waals surface area (Å²) in [6.07, 6.45) is 1.70. The lowest BCUT2D eigenvalue weighted by atomic mass is 10.2. The van der Waals surface area contributed by atoms with Gasteiger partial charge in [-0.25, -0.2) is 4.98 Å². The van der Waals surface area contributed by atoms with Gasteiger partial charge in [0.05, 0.1) is 22.8 Å². The molecule has 2 heterocycles. The highest BCUT2D eigenvalue weighted by Crippen LogP contribution is 2.28. The average Bonchev–Trinajstić information content (AvgIpc) is 2.90. The number of fused-ring (bicyclic) bond motifs is 1. The van der Waals surface area contributed by atoms with Crippen molar-refractivity contribution in [2.24, 2.45) is 7.05 Å². The van der Waals surface area contributed by atoms with Gasteiger partial charge in [-0.05, 0) is 24.6 Å². The third kappa shape index (κ3) is 1.48. The average molecular weight is 262 g/mol. The summed E-state index contributed by atoms with van der Waals surface area (Å²) in [6.45, 7) is 1.95. The van der Waals surface area contributed by atoms with Crippen LogP contribution in [0.2, 0.25) is 5.02 Å². The molecule has 3 rings (SSSR count). The summed E-state index contributed by atoms with van der Waals surface area (Å²) in [5.74, 6) is 1.29. The zero-order valence-electron chi connectivity index (χ0n) is 10.0. The molecule has 0 aliphatic heterocycles. The number of anilines is 1. The minimum Gasteiger partial charge on any atom is -0.383 e. The molecule has 0 saturated heterocycles. The van der Waals surface area contributed by atoms with Gasteiger partial charge in [0.1, 0.15) is 11.6 Å². The van der Waals surface area contributed by atoms with E-state index in [4.69, 9.17) is 17.3 Å². The number of imidazole rings is 1. The number of nitrogen functional groups attached to an aromatic ring is 1. The van der Waals surface area contributed by atoms with Gasteiger partial charge in [0.15, 0.2) is 0 Å². The number of hydrogen-bond acceptors (Lipinski definition) is 3. The second-order valence-corrected chi connectivity index (χ2v) is 4.63. The van der Waals surface area contributed by atoms with Gasteiger partial charge in [0.2, 0.25) is 0 Å². The van der Waals surface area contributed by atoms with E-state index in [-0.39, 0.29) is 0 Å². The van der Waals surface area contributed by atoms with Gasteiger partial charge in [-0.3, -0.25) is 4.68 Å². The molecule has 0 aliphatic rings. The van der Waals surface area contributed by atoms with Crippen LogP contribution in [0.5, 0.6) is 0 Å². The van der Waals surface area contributed by atoms with Crippen LogP contribution in [0.15, 0.2) is 18.3 Å². The molecule has 0 bridgehead atoms. The molecule has 1 aromatic carbocycles. The molecule has 3 N–H and O–H groups in total. The van der Waals surface area contributed by atoms with Crippen molar-refractivity contribution in [3.63, 3.8) is 0 Å². The number of nitrogens with one attached hydrogen (secondary N) is 1. The highest BCUT2D eigenvalue weighted by Gasteiger charge is 2.13. The second kappa shape index (κ2) is 3.74. The lowest BCUT2D eigenvalue weighted by Gasteiger charge is -1.96. The number of rotatable bonds is 1. The first-order chi connectivity index (χ1) is 8.58. The molecular formula is C12H12ClN5. The maximum Gasteiger partial charge on any atom is 0.143 e. The molecule has 0 fully saturated rings. The summed E-state index contributed by atoms with van der Waals surface area (Å²) in [5.41, 5.74) is 9.49. The van der Waals surface area contributed by atoms with E-state index in [0.717, 1.165) is 22.2 Å². The number of halogens is 1. The second-order valence-electron chi connectivity index (χ2n) is 4.22. The topological polar surface area (TPSA) is 72.5 Å². The van der Waals surface area contributed by atoms with Gasteiger partial charge in [-0.1, -0.05) is 11.6 Å². The van der Waals surface area contributed by atoms with Gasteiger partial charge >= 0.3 is 0 Å². The van der Waals surface area contributed by atoms with Crippen LogP contribution < -0.4 is 5.73 Å². The van der Waals surface area contributed by atoms with Gasteiger partial charge in [-0.2, -0.15) is 5.10 Å². The summed E-state index contributed by atoms with van der Waals surface area (Å²) >= 11 is 6.08. The normalized spacial score (nSPS) is 11.3. The molecule has 3 aromatic rings. The first-order valence-corrected chi connectivity index (χ1v) is 5.88. The van der Waals surface area contributed by atoms with Gasteiger partial charge in [0.25, 0.3) is 0 Å². The van der Waals surface area contributed by atoms with Crippen LogP contribution in [-0.2, 0) is 7.05 Å². The molecule has 2 aromatic heterocycles. The van der Waals surface area contributed by atoms with Crippen molar-refractivity contribution < 1.29 is 0 Å². The number of benzene rings is 1. The van der Waals surface area contributed by atoms with Crippen LogP contribution >= 0.6 is 11.6 Å². The predicted molar refractivity (Wildman–Crippen MR) is 72.5 cm³/mol. The van der Waals surface area contributed by atoms with Crippen molar-refractivity contribution in [2.75, 3.05) is 5.73 Å². The molecular weight excluding hydrogens is 250 g/mol. The number of H-pyrrole nitrogens is 1. The molecule has 0 saturated carbocycles. The van der Waals surface area contributed by atoms with E-state index in [0.29, 0.717) is 16.7 Å². The number of nitrogens with zero attached hydrogens (tertiary/aromatic N) is 3. The zero-order valence-corrected chi connectivity index (χ0v) is 10.8. The molecule has 0 spiro atoms. The SMILES string of the molecule is Cc1c(Cl)ccc2[nH]c(-c3cnn(C)c3N)nc12. The molecule has 0 amide bonds. The van der Waals surface area contributed by atoms with Crippen molar-refractivity contribution in [1.29, 1.82) is 0 Å². The third-order valence-corrected chi connectivity index (χ3v) is 3.49. The highest BCUT2D eigenvalue weighted by molar-refractivity contribution is 6.32. The number of aryl methyl sites for hydroxylation is 2. The molecule has 92 valence electrons. The predicted octanol–water partition coefficient (Wildman–Crippen LogP) is 2.51. The van der Waals surface area contributed by atoms with Crippen molar-refractivity contribution >= 4 is 28.5 Å². The Kier molecular flexibility index (Phi) is 2.31. The Morgan fingerprint density at radius 1 is 1.39 bits per heavy atom. The minimum absolute atomic E-state index is 0.581. The first kappa shape index (κ1) is 11.1. The van der Waals surface area contributed by atoms with E-state index < -0.39 is 0 Å². The van der Waals surface area contributed by atoms with Gasteiger partial charge in [-0.15, -0.1) is 0 Å². The standard InChI is InChI=1S/C12H12ClN5/c1-6-8(13)3-4-9-10(6)17-12(16-9)7-5-15-18(2)11(7)14/h3-5H,14H2,1-2H3,(H,16,17). The lowest BCUT2D eigenvalue weighted by Crippen LogP contribution is -1.98. The summed E-state index contributed by atoms with van der Waals surface area (Å²) in [7, 11) is 1.80. The van der Waals surface area contributed by atoms with Crippen LogP contribution in [0.1, 0.15) is 5.56 Å². The maximum absolute atomic E-state index is 6.08. The van der Waals surface area contributed by atoms with E-state index in [9.17, 15) is 0 Å². The van der Waals surface area contributed by atoms with Crippen LogP contribution in [0.4, 0.5) is 5.82 Å². The highest BCUT2D eigenvalue weighted by atomic mass is 35.5. The fraction of sp³-hybridized carbons (Fsp3) is 0.167. The number of hydrogen-bond donors (Lipinski definition) is 2. The smallest absolute Gasteiger partial charge is 0.143 e. The lowest BCUT2D eigenvalue weighted by molar-refractivity contribution is 0.779. The van der Waals surface area contributed by atoms with E-state index in [1.165, 1.54) is 0 Å². The Balaban J connectivity index is 2.26. The number of nitrogens with two attached hydrogens (primary N) is 1. The maximum atomic E-state index is 6.08. The van der Waals surface area contributed by atoms with Crippen molar-refractivity contribution in [3.05, 3.63) is 28.9 Å². The fourth-order valence-electron chi connectivity index (χ4n) is 1.94. The van der Waals surface area contributed by atoms with Gasteiger partial charge in [0, 0.05) is 12.1 Å². The Hall–Kier alpha value is -2.01. The molecule has 0 radical (unpaired) electrons. The largest absolute Gasteiger partial charge is 0.383 e. The van der Waals surface area contributed by atoms with Crippen LogP contribution in [0, 0.1) is 6.92 Å². The monoisotopic (exact) mass is 261 g/mol. The van der Waals surface area contributed by atoms with Crippen LogP contribution in [0.3, 0.4) is 0 Å². The number of aromatic amines is 1. The first-order valence-electron chi connectivity index (χ1n) is 5.50. The Labute approximate surface area is 109 Å². The molecule has 0 aliphatic carbocycles. The molecule has 5 nitrogen and oxygen atoms in total. The molecule has 6 heteroatoms. The van der Waals surface area contributed by atoms with E-state index >= 15 is 0 Å². The molecule has 0 atom stereocenters. The number of aromatic nitrogens is 4. The van der Waals surface area contributed by atoms with Crippen LogP contribution in [0.25, 0.3) is 22.4 Å². The fourth-order valence-corrected chi connectivity index (χ4v) is 2.10. The van der Waals surface area contributed by atoms with Crippen LogP contribution in [-0.4, -0.2) is 19.7 Å². The van der Waals surface area contributed by atoms with E-state index in [1.54, 1.807) is 17.9 Å². The Morgan fingerprint density at radius 2 is 2.17 bits per heavy atom. The summed E-state index contributed by atoms with van der Waals surface area (Å²) in [6, 6.07) is 3.77. The van der Waals surface area contributed by atoms with Crippen molar-refractivity contribution in [3.8, 4) is 11.4 Å². The Morgan fingerprint density at radius 3 is 2.83 bits per heavy atom.